The number of amidine groups is 1. The van der Waals surface area contributed by atoms with Gasteiger partial charge in [0.2, 0.25) is 5.88 Å². The first-order valence-corrected chi connectivity index (χ1v) is 5.07. The first kappa shape index (κ1) is 11.1. The average Bonchev–Trinajstić information content (AvgIpc) is 2.30. The number of nitrogens with two attached hydrogens (primary N) is 1. The summed E-state index contributed by atoms with van der Waals surface area (Å²) in [6.07, 6.45) is 3.23. The minimum absolute atomic E-state index is 0.0728. The summed E-state index contributed by atoms with van der Waals surface area (Å²) in [4.78, 5) is 8.16. The van der Waals surface area contributed by atoms with E-state index in [1.54, 1.807) is 36.7 Å². The SMILES string of the molecule is Cc1ccc(C(=N)N)c(Oc2cccnc2)n1. The van der Waals surface area contributed by atoms with Crippen LogP contribution < -0.4 is 10.5 Å². The van der Waals surface area contributed by atoms with Crippen LogP contribution in [0.15, 0.2) is 36.7 Å². The molecular formula is C12H12N4O. The van der Waals surface area contributed by atoms with Crippen molar-refractivity contribution in [1.29, 1.82) is 5.41 Å². The second-order valence-corrected chi connectivity index (χ2v) is 3.51. The Morgan fingerprint density at radius 2 is 2.18 bits per heavy atom. The molecule has 0 saturated carbocycles. The molecular weight excluding hydrogens is 216 g/mol. The number of aryl methyl sites for hydroxylation is 1. The van der Waals surface area contributed by atoms with E-state index in [1.807, 2.05) is 6.92 Å². The van der Waals surface area contributed by atoms with Gasteiger partial charge in [0.05, 0.1) is 11.8 Å². The Labute approximate surface area is 98.8 Å². The van der Waals surface area contributed by atoms with Gasteiger partial charge < -0.3 is 10.5 Å². The molecule has 0 bridgehead atoms. The fraction of sp³-hybridized carbons (Fsp3) is 0.0833. The van der Waals surface area contributed by atoms with Crippen molar-refractivity contribution in [3.05, 3.63) is 47.9 Å². The number of ether oxygens (including phenoxy) is 1. The Hall–Kier alpha value is -2.43. The van der Waals surface area contributed by atoms with E-state index in [2.05, 4.69) is 9.97 Å². The van der Waals surface area contributed by atoms with Gasteiger partial charge in [-0.2, -0.15) is 0 Å². The number of rotatable bonds is 3. The number of nitrogen functional groups attached to an aromatic ring is 1. The lowest BCUT2D eigenvalue weighted by molar-refractivity contribution is 0.458. The van der Waals surface area contributed by atoms with E-state index in [0.717, 1.165) is 5.69 Å². The van der Waals surface area contributed by atoms with Crippen molar-refractivity contribution in [3.8, 4) is 11.6 Å². The van der Waals surface area contributed by atoms with Crippen LogP contribution in [-0.4, -0.2) is 15.8 Å². The molecule has 0 atom stereocenters. The summed E-state index contributed by atoms with van der Waals surface area (Å²) in [5.41, 5.74) is 6.74. The molecule has 2 aromatic heterocycles. The molecule has 0 spiro atoms. The Balaban J connectivity index is 2.37. The van der Waals surface area contributed by atoms with Gasteiger partial charge >= 0.3 is 0 Å². The predicted octanol–water partition coefficient (Wildman–Crippen LogP) is 1.86. The molecule has 0 amide bonds. The standard InChI is InChI=1S/C12H12N4O/c1-8-4-5-10(11(13)14)12(16-8)17-9-3-2-6-15-7-9/h2-7H,1H3,(H3,13,14). The highest BCUT2D eigenvalue weighted by Crippen LogP contribution is 2.22. The van der Waals surface area contributed by atoms with Crippen molar-refractivity contribution in [2.45, 2.75) is 6.92 Å². The molecule has 86 valence electrons. The summed E-state index contributed by atoms with van der Waals surface area (Å²) >= 11 is 0. The predicted molar refractivity (Wildman–Crippen MR) is 64.3 cm³/mol. The lowest BCUT2D eigenvalue weighted by Gasteiger charge is -2.09. The quantitative estimate of drug-likeness (QED) is 0.620. The van der Waals surface area contributed by atoms with Gasteiger partial charge in [0.15, 0.2) is 0 Å². The molecule has 2 heterocycles. The van der Waals surface area contributed by atoms with Gasteiger partial charge in [-0.25, -0.2) is 4.98 Å². The third kappa shape index (κ3) is 2.57. The number of hydrogen-bond acceptors (Lipinski definition) is 4. The second-order valence-electron chi connectivity index (χ2n) is 3.51. The molecule has 0 unspecified atom stereocenters. The minimum atomic E-state index is -0.0728. The van der Waals surface area contributed by atoms with Crippen LogP contribution in [0.5, 0.6) is 11.6 Å². The topological polar surface area (TPSA) is 84.9 Å². The maximum Gasteiger partial charge on any atom is 0.230 e. The smallest absolute Gasteiger partial charge is 0.230 e. The van der Waals surface area contributed by atoms with Gasteiger partial charge in [0.1, 0.15) is 11.6 Å². The van der Waals surface area contributed by atoms with Crippen LogP contribution in [0.2, 0.25) is 0 Å². The number of nitrogens with one attached hydrogen (secondary N) is 1. The van der Waals surface area contributed by atoms with Gasteiger partial charge in [0.25, 0.3) is 0 Å². The molecule has 0 aliphatic heterocycles. The average molecular weight is 228 g/mol. The molecule has 17 heavy (non-hydrogen) atoms. The van der Waals surface area contributed by atoms with Gasteiger partial charge in [-0.1, -0.05) is 0 Å². The minimum Gasteiger partial charge on any atom is -0.437 e. The summed E-state index contributed by atoms with van der Waals surface area (Å²) in [5.74, 6) is 0.815. The molecule has 2 rings (SSSR count). The third-order valence-electron chi connectivity index (χ3n) is 2.14. The summed E-state index contributed by atoms with van der Waals surface area (Å²) in [5, 5.41) is 7.45. The number of hydrogen-bond donors (Lipinski definition) is 2. The highest BCUT2D eigenvalue weighted by atomic mass is 16.5. The number of nitrogens with zero attached hydrogens (tertiary/aromatic N) is 2. The van der Waals surface area contributed by atoms with E-state index in [4.69, 9.17) is 15.9 Å². The molecule has 0 aromatic carbocycles. The van der Waals surface area contributed by atoms with Crippen molar-refractivity contribution >= 4 is 5.84 Å². The molecule has 0 aliphatic carbocycles. The zero-order chi connectivity index (χ0) is 12.3. The van der Waals surface area contributed by atoms with Crippen LogP contribution in [-0.2, 0) is 0 Å². The Morgan fingerprint density at radius 1 is 1.35 bits per heavy atom. The van der Waals surface area contributed by atoms with Crippen molar-refractivity contribution in [3.63, 3.8) is 0 Å². The molecule has 5 heteroatoms. The molecule has 0 aliphatic rings. The van der Waals surface area contributed by atoms with E-state index in [0.29, 0.717) is 17.2 Å². The largest absolute Gasteiger partial charge is 0.437 e. The molecule has 0 radical (unpaired) electrons. The lowest BCUT2D eigenvalue weighted by Crippen LogP contribution is -2.13. The van der Waals surface area contributed by atoms with Crippen LogP contribution in [0.3, 0.4) is 0 Å². The summed E-state index contributed by atoms with van der Waals surface area (Å²) < 4.78 is 5.56. The maximum atomic E-state index is 7.45. The van der Waals surface area contributed by atoms with Crippen molar-refractivity contribution in [2.75, 3.05) is 0 Å². The summed E-state index contributed by atoms with van der Waals surface area (Å²) in [7, 11) is 0. The molecule has 0 saturated heterocycles. The van der Waals surface area contributed by atoms with Gasteiger partial charge in [0, 0.05) is 11.9 Å². The van der Waals surface area contributed by atoms with Crippen LogP contribution in [0, 0.1) is 12.3 Å². The van der Waals surface area contributed by atoms with Crippen LogP contribution >= 0.6 is 0 Å². The van der Waals surface area contributed by atoms with Gasteiger partial charge in [-0.15, -0.1) is 0 Å². The van der Waals surface area contributed by atoms with Gasteiger partial charge in [-0.05, 0) is 31.2 Å². The van der Waals surface area contributed by atoms with E-state index in [9.17, 15) is 0 Å². The fourth-order valence-electron chi connectivity index (χ4n) is 1.33. The van der Waals surface area contributed by atoms with E-state index < -0.39 is 0 Å². The normalized spacial score (nSPS) is 9.94. The Morgan fingerprint density at radius 3 is 2.82 bits per heavy atom. The maximum absolute atomic E-state index is 7.45. The first-order chi connectivity index (χ1) is 8.16. The summed E-state index contributed by atoms with van der Waals surface area (Å²) in [6.45, 7) is 1.85. The van der Waals surface area contributed by atoms with Gasteiger partial charge in [-0.3, -0.25) is 10.4 Å². The van der Waals surface area contributed by atoms with Crippen molar-refractivity contribution < 1.29 is 4.74 Å². The first-order valence-electron chi connectivity index (χ1n) is 5.07. The number of pyridine rings is 2. The number of aromatic nitrogens is 2. The van der Waals surface area contributed by atoms with Crippen LogP contribution in [0.1, 0.15) is 11.3 Å². The second kappa shape index (κ2) is 4.61. The third-order valence-corrected chi connectivity index (χ3v) is 2.14. The van der Waals surface area contributed by atoms with Crippen LogP contribution in [0.4, 0.5) is 0 Å². The lowest BCUT2D eigenvalue weighted by atomic mass is 10.2. The molecule has 5 nitrogen and oxygen atoms in total. The Kier molecular flexibility index (Phi) is 3.00. The Bertz CT molecular complexity index is 539. The van der Waals surface area contributed by atoms with Crippen molar-refractivity contribution in [2.24, 2.45) is 5.73 Å². The van der Waals surface area contributed by atoms with E-state index >= 15 is 0 Å². The molecule has 0 fully saturated rings. The zero-order valence-corrected chi connectivity index (χ0v) is 9.34. The van der Waals surface area contributed by atoms with E-state index in [-0.39, 0.29) is 5.84 Å². The van der Waals surface area contributed by atoms with Crippen molar-refractivity contribution in [1.82, 2.24) is 9.97 Å². The highest BCUT2D eigenvalue weighted by Gasteiger charge is 2.09. The monoisotopic (exact) mass is 228 g/mol. The van der Waals surface area contributed by atoms with E-state index in [1.165, 1.54) is 0 Å². The summed E-state index contributed by atoms with van der Waals surface area (Å²) in [6, 6.07) is 7.03. The fourth-order valence-corrected chi connectivity index (χ4v) is 1.33. The van der Waals surface area contributed by atoms with Crippen LogP contribution in [0.25, 0.3) is 0 Å². The molecule has 2 aromatic rings. The zero-order valence-electron chi connectivity index (χ0n) is 9.34. The molecule has 3 N–H and O–H groups in total. The highest BCUT2D eigenvalue weighted by molar-refractivity contribution is 5.97.